The number of urea groups is 1. The first kappa shape index (κ1) is 22.9. The number of benzene rings is 2. The maximum absolute atomic E-state index is 13.5. The minimum Gasteiger partial charge on any atom is -0.497 e. The maximum atomic E-state index is 13.5. The van der Waals surface area contributed by atoms with Crippen LogP contribution in [-0.2, 0) is 0 Å². The summed E-state index contributed by atoms with van der Waals surface area (Å²) < 4.78 is 5.36. The van der Waals surface area contributed by atoms with Gasteiger partial charge in [-0.2, -0.15) is 5.10 Å². The zero-order valence-corrected chi connectivity index (χ0v) is 20.7. The summed E-state index contributed by atoms with van der Waals surface area (Å²) in [6.07, 6.45) is 9.05. The molecule has 0 spiro atoms. The second-order valence-corrected chi connectivity index (χ2v) is 11.1. The van der Waals surface area contributed by atoms with Crippen molar-refractivity contribution in [3.63, 3.8) is 0 Å². The number of methoxy groups -OCH3 is 1. The molecule has 0 radical (unpaired) electrons. The summed E-state index contributed by atoms with van der Waals surface area (Å²) in [4.78, 5) is 13.5. The maximum Gasteiger partial charge on any atom is 0.342 e. The fourth-order valence-electron chi connectivity index (χ4n) is 6.33. The summed E-state index contributed by atoms with van der Waals surface area (Å²) in [5, 5.41) is 10.2. The smallest absolute Gasteiger partial charge is 0.342 e. The van der Waals surface area contributed by atoms with Gasteiger partial charge in [-0.05, 0) is 67.2 Å². The van der Waals surface area contributed by atoms with Crippen LogP contribution < -0.4 is 10.1 Å². The molecule has 2 amide bonds. The number of nitrogens with zero attached hydrogens (tertiary/aromatic N) is 2. The quantitative estimate of drug-likeness (QED) is 0.526. The minimum absolute atomic E-state index is 0.0590. The molecule has 2 saturated carbocycles. The largest absolute Gasteiger partial charge is 0.497 e. The number of hydrogen-bond donors (Lipinski definition) is 1. The van der Waals surface area contributed by atoms with Gasteiger partial charge in [0.25, 0.3) is 0 Å². The summed E-state index contributed by atoms with van der Waals surface area (Å²) in [6.45, 7) is 4.65. The van der Waals surface area contributed by atoms with Crippen LogP contribution in [0.4, 0.5) is 10.5 Å². The van der Waals surface area contributed by atoms with E-state index in [1.807, 2.05) is 24.3 Å². The van der Waals surface area contributed by atoms with Crippen molar-refractivity contribution < 1.29 is 9.53 Å². The van der Waals surface area contributed by atoms with Gasteiger partial charge in [0.15, 0.2) is 0 Å². The SMILES string of the molecule is COc1ccc(C2CC(N3N=C(C4CCCCC4)c4ccccc4NC3=O)CC(C)(C)C2)cc1. The van der Waals surface area contributed by atoms with Crippen molar-refractivity contribution in [2.45, 2.75) is 77.2 Å². The van der Waals surface area contributed by atoms with Crippen LogP contribution in [0.5, 0.6) is 5.75 Å². The molecule has 1 aliphatic heterocycles. The Kier molecular flexibility index (Phi) is 6.37. The van der Waals surface area contributed by atoms with Crippen molar-refractivity contribution in [3.8, 4) is 5.75 Å². The second-order valence-electron chi connectivity index (χ2n) is 11.1. The highest BCUT2D eigenvalue weighted by Gasteiger charge is 2.40. The topological polar surface area (TPSA) is 53.9 Å². The van der Waals surface area contributed by atoms with E-state index in [1.165, 1.54) is 24.8 Å². The van der Waals surface area contributed by atoms with E-state index in [4.69, 9.17) is 9.84 Å². The van der Waals surface area contributed by atoms with Crippen molar-refractivity contribution in [3.05, 3.63) is 59.7 Å². The number of para-hydroxylation sites is 1. The van der Waals surface area contributed by atoms with E-state index in [2.05, 4.69) is 43.4 Å². The van der Waals surface area contributed by atoms with Crippen molar-refractivity contribution in [1.82, 2.24) is 5.01 Å². The standard InChI is InChI=1S/C29H37N3O2/c1-29(2)18-22(20-13-15-24(34-3)16-14-20)17-23(19-29)32-28(33)30-26-12-8-7-11-25(26)27(31-32)21-9-5-4-6-10-21/h7-8,11-16,21-23H,4-6,9-10,17-19H2,1-3H3,(H,30,33). The first-order valence-electron chi connectivity index (χ1n) is 12.9. The molecule has 180 valence electrons. The van der Waals surface area contributed by atoms with Gasteiger partial charge in [0.2, 0.25) is 0 Å². The fourth-order valence-corrected chi connectivity index (χ4v) is 6.33. The van der Waals surface area contributed by atoms with Gasteiger partial charge >= 0.3 is 6.03 Å². The first-order valence-corrected chi connectivity index (χ1v) is 12.9. The number of anilines is 1. The summed E-state index contributed by atoms with van der Waals surface area (Å²) in [7, 11) is 1.70. The molecule has 2 aromatic rings. The number of carbonyl (C=O) groups excluding carboxylic acids is 1. The Balaban J connectivity index is 1.49. The van der Waals surface area contributed by atoms with Crippen LogP contribution in [0.15, 0.2) is 53.6 Å². The van der Waals surface area contributed by atoms with Crippen LogP contribution in [0.1, 0.15) is 82.3 Å². The minimum atomic E-state index is -0.102. The van der Waals surface area contributed by atoms with Crippen LogP contribution in [0.25, 0.3) is 0 Å². The fraction of sp³-hybridized carbons (Fsp3) is 0.517. The van der Waals surface area contributed by atoms with E-state index in [-0.39, 0.29) is 17.5 Å². The van der Waals surface area contributed by atoms with Gasteiger partial charge in [-0.1, -0.05) is 63.4 Å². The van der Waals surface area contributed by atoms with Crippen LogP contribution in [0, 0.1) is 11.3 Å². The molecule has 5 nitrogen and oxygen atoms in total. The zero-order chi connectivity index (χ0) is 23.7. The molecule has 5 rings (SSSR count). The lowest BCUT2D eigenvalue weighted by molar-refractivity contribution is 0.106. The molecule has 2 atom stereocenters. The molecular weight excluding hydrogens is 422 g/mol. The van der Waals surface area contributed by atoms with Gasteiger partial charge in [-0.25, -0.2) is 9.80 Å². The lowest BCUT2D eigenvalue weighted by Crippen LogP contribution is -2.45. The number of amides is 2. The highest BCUT2D eigenvalue weighted by molar-refractivity contribution is 6.10. The monoisotopic (exact) mass is 459 g/mol. The Morgan fingerprint density at radius 2 is 1.71 bits per heavy atom. The number of nitrogens with one attached hydrogen (secondary N) is 1. The molecule has 2 aromatic carbocycles. The third kappa shape index (κ3) is 4.70. The Labute approximate surface area is 203 Å². The molecule has 3 aliphatic rings. The molecular formula is C29H37N3O2. The third-order valence-corrected chi connectivity index (χ3v) is 7.94. The highest BCUT2D eigenvalue weighted by Crippen LogP contribution is 2.46. The Bertz CT molecular complexity index is 1050. The predicted octanol–water partition coefficient (Wildman–Crippen LogP) is 7.19. The molecule has 0 aromatic heterocycles. The lowest BCUT2D eigenvalue weighted by atomic mass is 9.68. The second kappa shape index (κ2) is 9.44. The number of rotatable bonds is 4. The number of hydrogen-bond acceptors (Lipinski definition) is 3. The number of ether oxygens (including phenoxy) is 1. The van der Waals surface area contributed by atoms with Gasteiger partial charge in [-0.15, -0.1) is 0 Å². The molecule has 2 aliphatic carbocycles. The molecule has 2 unspecified atom stereocenters. The van der Waals surface area contributed by atoms with E-state index in [0.29, 0.717) is 11.8 Å². The first-order chi connectivity index (χ1) is 16.4. The Hall–Kier alpha value is -2.82. The number of hydrazone groups is 1. The lowest BCUT2D eigenvalue weighted by Gasteiger charge is -2.43. The Morgan fingerprint density at radius 3 is 2.44 bits per heavy atom. The normalized spacial score (nSPS) is 25.1. The van der Waals surface area contributed by atoms with E-state index < -0.39 is 0 Å². The van der Waals surface area contributed by atoms with E-state index >= 15 is 0 Å². The third-order valence-electron chi connectivity index (χ3n) is 7.94. The van der Waals surface area contributed by atoms with Crippen LogP contribution in [0.3, 0.4) is 0 Å². The van der Waals surface area contributed by atoms with Crippen molar-refractivity contribution in [2.24, 2.45) is 16.4 Å². The van der Waals surface area contributed by atoms with E-state index in [0.717, 1.165) is 54.8 Å². The van der Waals surface area contributed by atoms with Crippen LogP contribution in [0.2, 0.25) is 0 Å². The summed E-state index contributed by atoms with van der Waals surface area (Å²) in [6, 6.07) is 16.6. The van der Waals surface area contributed by atoms with Crippen LogP contribution in [-0.4, -0.2) is 29.9 Å². The van der Waals surface area contributed by atoms with Gasteiger partial charge < -0.3 is 10.1 Å². The molecule has 0 saturated heterocycles. The summed E-state index contributed by atoms with van der Waals surface area (Å²) in [5.41, 5.74) is 4.51. The van der Waals surface area contributed by atoms with Crippen molar-refractivity contribution in [2.75, 3.05) is 12.4 Å². The van der Waals surface area contributed by atoms with Gasteiger partial charge in [-0.3, -0.25) is 0 Å². The van der Waals surface area contributed by atoms with Crippen LogP contribution >= 0.6 is 0 Å². The Morgan fingerprint density at radius 1 is 0.971 bits per heavy atom. The molecule has 34 heavy (non-hydrogen) atoms. The molecule has 1 heterocycles. The van der Waals surface area contributed by atoms with Crippen molar-refractivity contribution in [1.29, 1.82) is 0 Å². The highest BCUT2D eigenvalue weighted by atomic mass is 16.5. The molecule has 0 bridgehead atoms. The van der Waals surface area contributed by atoms with E-state index in [9.17, 15) is 4.79 Å². The molecule has 5 heteroatoms. The van der Waals surface area contributed by atoms with Gasteiger partial charge in [0.05, 0.1) is 24.6 Å². The predicted molar refractivity (Wildman–Crippen MR) is 138 cm³/mol. The van der Waals surface area contributed by atoms with E-state index in [1.54, 1.807) is 12.1 Å². The van der Waals surface area contributed by atoms with Crippen molar-refractivity contribution >= 4 is 17.4 Å². The summed E-state index contributed by atoms with van der Waals surface area (Å²) >= 11 is 0. The summed E-state index contributed by atoms with van der Waals surface area (Å²) in [5.74, 6) is 1.67. The molecule has 1 N–H and O–H groups in total. The zero-order valence-electron chi connectivity index (χ0n) is 20.7. The number of carbonyl (C=O) groups is 1. The molecule has 2 fully saturated rings. The van der Waals surface area contributed by atoms with Gasteiger partial charge in [0.1, 0.15) is 5.75 Å². The average molecular weight is 460 g/mol. The van der Waals surface area contributed by atoms with Gasteiger partial charge in [0, 0.05) is 11.5 Å². The number of fused-ring (bicyclic) bond motifs is 1. The average Bonchev–Trinajstić information content (AvgIpc) is 2.99.